The third-order valence-corrected chi connectivity index (χ3v) is 5.62. The van der Waals surface area contributed by atoms with E-state index in [1.54, 1.807) is 36.3 Å². The van der Waals surface area contributed by atoms with Crippen LogP contribution in [0.3, 0.4) is 0 Å². The Hall–Kier alpha value is -4.40. The standard InChI is InChI=1S/C22H18F2N8O2/c1-30-19(3-4-27-30)20-26-10-17(24)21(29-20)34-16-11-31(12-16)22(33)32-18(2-5-28-32)14-6-13(9-25)7-15(23)8-14/h3-8,10,16,18H,2,11-12H2,1H3/t18-/m0/s1. The van der Waals surface area contributed by atoms with E-state index in [0.717, 1.165) is 12.3 Å². The van der Waals surface area contributed by atoms with Crippen molar-refractivity contribution in [2.24, 2.45) is 12.1 Å². The van der Waals surface area contributed by atoms with E-state index in [0.29, 0.717) is 17.7 Å². The van der Waals surface area contributed by atoms with E-state index in [1.807, 2.05) is 6.07 Å². The molecule has 1 saturated heterocycles. The molecule has 172 valence electrons. The molecule has 0 unspecified atom stereocenters. The van der Waals surface area contributed by atoms with Gasteiger partial charge in [-0.1, -0.05) is 0 Å². The first kappa shape index (κ1) is 21.4. The van der Waals surface area contributed by atoms with Crippen molar-refractivity contribution >= 4 is 12.2 Å². The van der Waals surface area contributed by atoms with Gasteiger partial charge in [-0.15, -0.1) is 0 Å². The van der Waals surface area contributed by atoms with Crippen LogP contribution < -0.4 is 4.74 Å². The number of amides is 2. The minimum Gasteiger partial charge on any atom is -0.468 e. The molecule has 0 radical (unpaired) electrons. The molecule has 2 aliphatic rings. The van der Waals surface area contributed by atoms with Gasteiger partial charge in [0.25, 0.3) is 5.88 Å². The number of halogens is 2. The van der Waals surface area contributed by atoms with Gasteiger partial charge in [0, 0.05) is 25.9 Å². The Labute approximate surface area is 192 Å². The van der Waals surface area contributed by atoms with Gasteiger partial charge in [0.2, 0.25) is 5.82 Å². The minimum absolute atomic E-state index is 0.170. The quantitative estimate of drug-likeness (QED) is 0.587. The maximum atomic E-state index is 14.2. The molecular formula is C22H18F2N8O2. The molecule has 3 aromatic rings. The molecule has 10 nitrogen and oxygen atoms in total. The van der Waals surface area contributed by atoms with Crippen molar-refractivity contribution in [3.05, 3.63) is 59.4 Å². The summed E-state index contributed by atoms with van der Waals surface area (Å²) >= 11 is 0. The Balaban J connectivity index is 1.25. The van der Waals surface area contributed by atoms with Crippen molar-refractivity contribution in [1.29, 1.82) is 5.26 Å². The molecule has 2 amide bonds. The molecule has 1 atom stereocenters. The molecule has 12 heteroatoms. The predicted molar refractivity (Wildman–Crippen MR) is 114 cm³/mol. The number of aromatic nitrogens is 4. The lowest BCUT2D eigenvalue weighted by atomic mass is 10.0. The van der Waals surface area contributed by atoms with Crippen LogP contribution in [0.5, 0.6) is 5.88 Å². The summed E-state index contributed by atoms with van der Waals surface area (Å²) in [5.41, 5.74) is 1.26. The zero-order chi connectivity index (χ0) is 23.8. The van der Waals surface area contributed by atoms with Crippen molar-refractivity contribution < 1.29 is 18.3 Å². The van der Waals surface area contributed by atoms with Crippen LogP contribution in [0.4, 0.5) is 13.6 Å². The highest BCUT2D eigenvalue weighted by molar-refractivity contribution is 5.79. The molecule has 2 aliphatic heterocycles. The molecule has 2 aromatic heterocycles. The van der Waals surface area contributed by atoms with Gasteiger partial charge in [-0.25, -0.2) is 19.2 Å². The Morgan fingerprint density at radius 3 is 2.82 bits per heavy atom. The summed E-state index contributed by atoms with van der Waals surface area (Å²) < 4.78 is 35.4. The second kappa shape index (κ2) is 8.51. The number of hydrogen-bond donors (Lipinski definition) is 0. The number of rotatable bonds is 4. The first-order chi connectivity index (χ1) is 16.4. The second-order valence-electron chi connectivity index (χ2n) is 7.89. The molecule has 0 spiro atoms. The van der Waals surface area contributed by atoms with Gasteiger partial charge in [-0.3, -0.25) is 4.68 Å². The minimum atomic E-state index is -0.709. The molecule has 0 bridgehead atoms. The molecule has 0 N–H and O–H groups in total. The van der Waals surface area contributed by atoms with Gasteiger partial charge in [-0.05, 0) is 29.8 Å². The summed E-state index contributed by atoms with van der Waals surface area (Å²) in [4.78, 5) is 22.6. The number of benzene rings is 1. The van der Waals surface area contributed by atoms with Gasteiger partial charge >= 0.3 is 6.03 Å². The summed E-state index contributed by atoms with van der Waals surface area (Å²) in [5.74, 6) is -1.20. The third-order valence-electron chi connectivity index (χ3n) is 5.62. The number of aryl methyl sites for hydroxylation is 1. The van der Waals surface area contributed by atoms with Crippen LogP contribution in [0.15, 0.2) is 41.8 Å². The van der Waals surface area contributed by atoms with E-state index in [2.05, 4.69) is 20.2 Å². The summed E-state index contributed by atoms with van der Waals surface area (Å²) in [5, 5.41) is 18.5. The maximum absolute atomic E-state index is 14.2. The molecule has 4 heterocycles. The highest BCUT2D eigenvalue weighted by atomic mass is 19.1. The number of ether oxygens (including phenoxy) is 1. The van der Waals surface area contributed by atoms with Crippen molar-refractivity contribution in [2.75, 3.05) is 13.1 Å². The fourth-order valence-corrected chi connectivity index (χ4v) is 3.87. The molecule has 1 fully saturated rings. The third kappa shape index (κ3) is 3.92. The molecule has 0 aliphatic carbocycles. The van der Waals surface area contributed by atoms with E-state index in [-0.39, 0.29) is 36.4 Å². The number of nitrogens with zero attached hydrogens (tertiary/aromatic N) is 8. The summed E-state index contributed by atoms with van der Waals surface area (Å²) in [7, 11) is 1.72. The number of carbonyl (C=O) groups is 1. The largest absolute Gasteiger partial charge is 0.468 e. The molecular weight excluding hydrogens is 446 g/mol. The number of nitriles is 1. The number of hydrogen-bond acceptors (Lipinski definition) is 7. The topological polar surface area (TPSA) is 113 Å². The fraction of sp³-hybridized carbons (Fsp3) is 0.273. The predicted octanol–water partition coefficient (Wildman–Crippen LogP) is 2.64. The average molecular weight is 464 g/mol. The van der Waals surface area contributed by atoms with Gasteiger partial charge < -0.3 is 9.64 Å². The van der Waals surface area contributed by atoms with E-state index in [9.17, 15) is 13.6 Å². The Morgan fingerprint density at radius 1 is 1.26 bits per heavy atom. The number of likely N-dealkylation sites (tertiary alicyclic amines) is 1. The Morgan fingerprint density at radius 2 is 2.09 bits per heavy atom. The number of urea groups is 1. The van der Waals surface area contributed by atoms with Crippen LogP contribution in [0.2, 0.25) is 0 Å². The van der Waals surface area contributed by atoms with Crippen LogP contribution >= 0.6 is 0 Å². The van der Waals surface area contributed by atoms with Crippen LogP contribution in [0.25, 0.3) is 11.5 Å². The first-order valence-corrected chi connectivity index (χ1v) is 10.4. The van der Waals surface area contributed by atoms with E-state index < -0.39 is 23.8 Å². The molecule has 34 heavy (non-hydrogen) atoms. The highest BCUT2D eigenvalue weighted by Gasteiger charge is 2.39. The van der Waals surface area contributed by atoms with Crippen molar-refractivity contribution in [3.8, 4) is 23.5 Å². The van der Waals surface area contributed by atoms with E-state index in [1.165, 1.54) is 16.0 Å². The zero-order valence-corrected chi connectivity index (χ0v) is 18.0. The van der Waals surface area contributed by atoms with Crippen LogP contribution in [-0.4, -0.2) is 61.1 Å². The molecule has 5 rings (SSSR count). The highest BCUT2D eigenvalue weighted by Crippen LogP contribution is 2.32. The fourth-order valence-electron chi connectivity index (χ4n) is 3.87. The van der Waals surface area contributed by atoms with Crippen molar-refractivity contribution in [3.63, 3.8) is 0 Å². The van der Waals surface area contributed by atoms with Gasteiger partial charge in [0.05, 0.1) is 37.0 Å². The van der Waals surface area contributed by atoms with E-state index >= 15 is 0 Å². The number of hydrazone groups is 1. The molecule has 1 aromatic carbocycles. The van der Waals surface area contributed by atoms with E-state index in [4.69, 9.17) is 10.00 Å². The van der Waals surface area contributed by atoms with Gasteiger partial charge in [-0.2, -0.15) is 24.8 Å². The lowest BCUT2D eigenvalue weighted by molar-refractivity contribution is 0.0230. The van der Waals surface area contributed by atoms with Crippen LogP contribution in [-0.2, 0) is 7.05 Å². The van der Waals surface area contributed by atoms with Crippen LogP contribution in [0, 0.1) is 23.0 Å². The summed E-state index contributed by atoms with van der Waals surface area (Å²) in [6.07, 6.45) is 4.12. The SMILES string of the molecule is Cn1nccc1-c1ncc(F)c(OC2CN(C(=O)N3N=CC[C@H]3c3cc(F)cc(C#N)c3)C2)n1. The zero-order valence-electron chi connectivity index (χ0n) is 18.0. The van der Waals surface area contributed by atoms with Crippen molar-refractivity contribution in [1.82, 2.24) is 29.7 Å². The lowest BCUT2D eigenvalue weighted by Crippen LogP contribution is -2.59. The van der Waals surface area contributed by atoms with Crippen molar-refractivity contribution in [2.45, 2.75) is 18.6 Å². The summed E-state index contributed by atoms with van der Waals surface area (Å²) in [6, 6.07) is 6.68. The average Bonchev–Trinajstić information content (AvgIpc) is 3.45. The van der Waals surface area contributed by atoms with Gasteiger partial charge in [0.1, 0.15) is 17.6 Å². The lowest BCUT2D eigenvalue weighted by Gasteiger charge is -2.40. The Bertz CT molecular complexity index is 1330. The monoisotopic (exact) mass is 464 g/mol. The Kier molecular flexibility index (Phi) is 5.37. The normalized spacial score (nSPS) is 17.5. The molecule has 0 saturated carbocycles. The smallest absolute Gasteiger partial charge is 0.341 e. The second-order valence-corrected chi connectivity index (χ2v) is 7.89. The van der Waals surface area contributed by atoms with Gasteiger partial charge in [0.15, 0.2) is 5.82 Å². The summed E-state index contributed by atoms with van der Waals surface area (Å²) in [6.45, 7) is 0.406. The first-order valence-electron chi connectivity index (χ1n) is 10.4. The van der Waals surface area contributed by atoms with Crippen LogP contribution in [0.1, 0.15) is 23.6 Å². The number of carbonyl (C=O) groups excluding carboxylic acids is 1. The maximum Gasteiger partial charge on any atom is 0.341 e.